The highest BCUT2D eigenvalue weighted by atomic mass is 35.5. The van der Waals surface area contributed by atoms with Crippen LogP contribution < -0.4 is 15.1 Å². The standard InChI is InChI=1S/C25H25ClN6/c1-17-3-6-20(7-4-17)29-25-28-18(2)15-24(30-25)32-13-11-31(12-14-32)23-9-10-27-22-16-19(26)5-8-21(22)23/h3-10,15-16H,11-14H2,1-2H3,(H,28,29,30). The summed E-state index contributed by atoms with van der Waals surface area (Å²) in [5, 5.41) is 5.18. The number of hydrogen-bond donors (Lipinski definition) is 1. The number of aromatic nitrogens is 3. The van der Waals surface area contributed by atoms with Crippen molar-refractivity contribution in [2.75, 3.05) is 41.3 Å². The minimum atomic E-state index is 0.628. The predicted octanol–water partition coefficient (Wildman–Crippen LogP) is 5.37. The van der Waals surface area contributed by atoms with E-state index in [1.165, 1.54) is 11.3 Å². The van der Waals surface area contributed by atoms with Crippen LogP contribution in [0.4, 0.5) is 23.1 Å². The summed E-state index contributed by atoms with van der Waals surface area (Å²) in [6.45, 7) is 7.68. The largest absolute Gasteiger partial charge is 0.367 e. The Bertz CT molecular complexity index is 1250. The Balaban J connectivity index is 1.32. The first-order valence-electron chi connectivity index (χ1n) is 10.8. The molecule has 0 saturated carbocycles. The zero-order chi connectivity index (χ0) is 22.1. The van der Waals surface area contributed by atoms with Gasteiger partial charge in [-0.05, 0) is 50.2 Å². The molecule has 0 bridgehead atoms. The van der Waals surface area contributed by atoms with Crippen LogP contribution in [-0.2, 0) is 0 Å². The van der Waals surface area contributed by atoms with Crippen LogP contribution in [0.15, 0.2) is 60.8 Å². The van der Waals surface area contributed by atoms with Crippen LogP contribution in [0, 0.1) is 13.8 Å². The van der Waals surface area contributed by atoms with Gasteiger partial charge in [-0.2, -0.15) is 4.98 Å². The van der Waals surface area contributed by atoms with Gasteiger partial charge in [-0.15, -0.1) is 0 Å². The Morgan fingerprint density at radius 3 is 2.38 bits per heavy atom. The molecular weight excluding hydrogens is 420 g/mol. The van der Waals surface area contributed by atoms with Crippen LogP contribution in [0.25, 0.3) is 10.9 Å². The first-order chi connectivity index (χ1) is 15.5. The van der Waals surface area contributed by atoms with Crippen molar-refractivity contribution in [3.05, 3.63) is 77.1 Å². The average Bonchev–Trinajstić information content (AvgIpc) is 2.80. The molecule has 1 aliphatic heterocycles. The summed E-state index contributed by atoms with van der Waals surface area (Å²) in [5.41, 5.74) is 5.29. The first-order valence-corrected chi connectivity index (χ1v) is 11.2. The van der Waals surface area contributed by atoms with Gasteiger partial charge in [0.2, 0.25) is 5.95 Å². The van der Waals surface area contributed by atoms with Crippen LogP contribution in [0.2, 0.25) is 5.02 Å². The smallest absolute Gasteiger partial charge is 0.229 e. The Hall–Kier alpha value is -3.38. The van der Waals surface area contributed by atoms with Gasteiger partial charge in [0, 0.05) is 65.9 Å². The van der Waals surface area contributed by atoms with Gasteiger partial charge in [0.1, 0.15) is 5.82 Å². The molecule has 1 fully saturated rings. The molecule has 2 aromatic heterocycles. The maximum absolute atomic E-state index is 6.15. The molecule has 32 heavy (non-hydrogen) atoms. The second-order valence-corrected chi connectivity index (χ2v) is 8.58. The van der Waals surface area contributed by atoms with Gasteiger partial charge in [-0.3, -0.25) is 4.98 Å². The van der Waals surface area contributed by atoms with E-state index in [0.29, 0.717) is 11.0 Å². The zero-order valence-electron chi connectivity index (χ0n) is 18.2. The molecule has 6 nitrogen and oxygen atoms in total. The van der Waals surface area contributed by atoms with Crippen LogP contribution in [-0.4, -0.2) is 41.1 Å². The van der Waals surface area contributed by atoms with Crippen LogP contribution in [0.3, 0.4) is 0 Å². The van der Waals surface area contributed by atoms with Gasteiger partial charge >= 0.3 is 0 Å². The van der Waals surface area contributed by atoms with E-state index in [0.717, 1.165) is 54.3 Å². The van der Waals surface area contributed by atoms with E-state index >= 15 is 0 Å². The molecule has 5 rings (SSSR count). The lowest BCUT2D eigenvalue weighted by Crippen LogP contribution is -2.47. The Kier molecular flexibility index (Phi) is 5.53. The van der Waals surface area contributed by atoms with Crippen molar-refractivity contribution < 1.29 is 0 Å². The van der Waals surface area contributed by atoms with Crippen LogP contribution in [0.5, 0.6) is 0 Å². The number of hydrogen-bond acceptors (Lipinski definition) is 6. The number of fused-ring (bicyclic) bond motifs is 1. The monoisotopic (exact) mass is 444 g/mol. The van der Waals surface area contributed by atoms with E-state index in [9.17, 15) is 0 Å². The quantitative estimate of drug-likeness (QED) is 0.457. The number of nitrogens with zero attached hydrogens (tertiary/aromatic N) is 5. The van der Waals surface area contributed by atoms with Gasteiger partial charge in [0.05, 0.1) is 5.52 Å². The summed E-state index contributed by atoms with van der Waals surface area (Å²) in [5.74, 6) is 1.58. The molecule has 0 atom stereocenters. The van der Waals surface area contributed by atoms with Crippen molar-refractivity contribution in [1.82, 2.24) is 15.0 Å². The maximum atomic E-state index is 6.15. The lowest BCUT2D eigenvalue weighted by atomic mass is 10.1. The molecule has 1 saturated heterocycles. The van der Waals surface area contributed by atoms with Crippen molar-refractivity contribution in [2.45, 2.75) is 13.8 Å². The minimum absolute atomic E-state index is 0.628. The number of pyridine rings is 1. The van der Waals surface area contributed by atoms with Crippen molar-refractivity contribution in [3.8, 4) is 0 Å². The second kappa shape index (κ2) is 8.63. The van der Waals surface area contributed by atoms with Crippen molar-refractivity contribution in [3.63, 3.8) is 0 Å². The highest BCUT2D eigenvalue weighted by molar-refractivity contribution is 6.31. The fourth-order valence-corrected chi connectivity index (χ4v) is 4.26. The summed E-state index contributed by atoms with van der Waals surface area (Å²) in [6.07, 6.45) is 1.86. The number of halogens is 1. The zero-order valence-corrected chi connectivity index (χ0v) is 19.0. The van der Waals surface area contributed by atoms with Crippen molar-refractivity contribution in [1.29, 1.82) is 0 Å². The lowest BCUT2D eigenvalue weighted by Gasteiger charge is -2.37. The third-order valence-electron chi connectivity index (χ3n) is 5.77. The Labute approximate surface area is 192 Å². The molecule has 7 heteroatoms. The number of nitrogens with one attached hydrogen (secondary N) is 1. The summed E-state index contributed by atoms with van der Waals surface area (Å²) < 4.78 is 0. The van der Waals surface area contributed by atoms with Gasteiger partial charge < -0.3 is 15.1 Å². The van der Waals surface area contributed by atoms with E-state index in [1.54, 1.807) is 0 Å². The van der Waals surface area contributed by atoms with Gasteiger partial charge in [-0.1, -0.05) is 29.3 Å². The van der Waals surface area contributed by atoms with Gasteiger partial charge in [-0.25, -0.2) is 4.98 Å². The second-order valence-electron chi connectivity index (χ2n) is 8.15. The number of rotatable bonds is 4. The first kappa shape index (κ1) is 20.5. The number of piperazine rings is 1. The molecule has 0 aliphatic carbocycles. The molecule has 162 valence electrons. The molecule has 1 aliphatic rings. The molecule has 0 amide bonds. The Morgan fingerprint density at radius 2 is 1.59 bits per heavy atom. The van der Waals surface area contributed by atoms with E-state index < -0.39 is 0 Å². The van der Waals surface area contributed by atoms with Crippen molar-refractivity contribution >= 4 is 45.6 Å². The SMILES string of the molecule is Cc1ccc(Nc2nc(C)cc(N3CCN(c4ccnc5cc(Cl)ccc45)CC3)n2)cc1. The van der Waals surface area contributed by atoms with E-state index in [2.05, 4.69) is 62.3 Å². The number of benzene rings is 2. The molecular formula is C25H25ClN6. The van der Waals surface area contributed by atoms with Crippen molar-refractivity contribution in [2.24, 2.45) is 0 Å². The highest BCUT2D eigenvalue weighted by Crippen LogP contribution is 2.29. The Morgan fingerprint density at radius 1 is 0.844 bits per heavy atom. The van der Waals surface area contributed by atoms with Gasteiger partial charge in [0.15, 0.2) is 0 Å². The van der Waals surface area contributed by atoms with E-state index in [-0.39, 0.29) is 0 Å². The minimum Gasteiger partial charge on any atom is -0.367 e. The summed E-state index contributed by atoms with van der Waals surface area (Å²) in [6, 6.07) is 18.3. The summed E-state index contributed by atoms with van der Waals surface area (Å²) in [4.78, 5) is 18.6. The number of anilines is 4. The highest BCUT2D eigenvalue weighted by Gasteiger charge is 2.21. The molecule has 3 heterocycles. The molecule has 0 unspecified atom stereocenters. The average molecular weight is 445 g/mol. The third-order valence-corrected chi connectivity index (χ3v) is 6.01. The summed E-state index contributed by atoms with van der Waals surface area (Å²) in [7, 11) is 0. The third kappa shape index (κ3) is 4.32. The van der Waals surface area contributed by atoms with E-state index in [1.807, 2.05) is 37.4 Å². The fraction of sp³-hybridized carbons (Fsp3) is 0.240. The normalized spacial score (nSPS) is 14.1. The van der Waals surface area contributed by atoms with Crippen LogP contribution in [0.1, 0.15) is 11.3 Å². The lowest BCUT2D eigenvalue weighted by molar-refractivity contribution is 0.648. The molecule has 0 radical (unpaired) electrons. The number of aryl methyl sites for hydroxylation is 2. The molecule has 2 aromatic carbocycles. The maximum Gasteiger partial charge on any atom is 0.229 e. The molecule has 0 spiro atoms. The fourth-order valence-electron chi connectivity index (χ4n) is 4.09. The van der Waals surface area contributed by atoms with E-state index in [4.69, 9.17) is 16.6 Å². The summed E-state index contributed by atoms with van der Waals surface area (Å²) >= 11 is 6.15. The van der Waals surface area contributed by atoms with Gasteiger partial charge in [0.25, 0.3) is 0 Å². The topological polar surface area (TPSA) is 57.2 Å². The predicted molar refractivity (Wildman–Crippen MR) is 132 cm³/mol. The molecule has 1 N–H and O–H groups in total. The molecule has 4 aromatic rings. The van der Waals surface area contributed by atoms with Crippen LogP contribution >= 0.6 is 11.6 Å².